The number of nitrogens with zero attached hydrogens (tertiary/aromatic N) is 4. The molecule has 1 aliphatic carbocycles. The number of fused-ring (bicyclic) bond motifs is 2. The van der Waals surface area contributed by atoms with Gasteiger partial charge in [0.15, 0.2) is 5.16 Å². The Labute approximate surface area is 208 Å². The SMILES string of the molecule is COC(=O)CSc1nc2c(c(=O)n1C1CC=CCC1)CN(c1nc3ccc(C(F)(F)F)cc3[nH]1)CC2. The highest BCUT2D eigenvalue weighted by atomic mass is 32.2. The molecule has 5 rings (SSSR count). The second-order valence-corrected chi connectivity index (χ2v) is 9.70. The van der Waals surface area contributed by atoms with E-state index in [1.807, 2.05) is 11.0 Å². The van der Waals surface area contributed by atoms with E-state index in [0.29, 0.717) is 47.3 Å². The predicted octanol–water partition coefficient (Wildman–Crippen LogP) is 4.25. The van der Waals surface area contributed by atoms with Crippen LogP contribution in [0.25, 0.3) is 11.0 Å². The number of imidazole rings is 1. The van der Waals surface area contributed by atoms with Gasteiger partial charge in [-0.15, -0.1) is 0 Å². The monoisotopic (exact) mass is 519 g/mol. The van der Waals surface area contributed by atoms with Crippen molar-refractivity contribution in [3.63, 3.8) is 0 Å². The lowest BCUT2D eigenvalue weighted by Gasteiger charge is -2.30. The topological polar surface area (TPSA) is 93.1 Å². The summed E-state index contributed by atoms with van der Waals surface area (Å²) in [7, 11) is 1.32. The Morgan fingerprint density at radius 1 is 1.28 bits per heavy atom. The van der Waals surface area contributed by atoms with E-state index in [4.69, 9.17) is 9.72 Å². The zero-order valence-corrected chi connectivity index (χ0v) is 20.3. The number of ether oxygens (including phenoxy) is 1. The van der Waals surface area contributed by atoms with Gasteiger partial charge in [-0.1, -0.05) is 23.9 Å². The molecule has 0 fully saturated rings. The molecule has 190 valence electrons. The van der Waals surface area contributed by atoms with E-state index in [0.717, 1.165) is 25.0 Å². The third-order valence-electron chi connectivity index (χ3n) is 6.48. The van der Waals surface area contributed by atoms with Crippen LogP contribution >= 0.6 is 11.8 Å². The largest absolute Gasteiger partial charge is 0.468 e. The van der Waals surface area contributed by atoms with Gasteiger partial charge in [-0.2, -0.15) is 13.2 Å². The summed E-state index contributed by atoms with van der Waals surface area (Å²) in [6.45, 7) is 0.723. The number of hydrogen-bond donors (Lipinski definition) is 1. The quantitative estimate of drug-likeness (QED) is 0.233. The summed E-state index contributed by atoms with van der Waals surface area (Å²) in [4.78, 5) is 39.6. The molecule has 0 amide bonds. The number of allylic oxidation sites excluding steroid dienone is 2. The molecule has 0 saturated carbocycles. The van der Waals surface area contributed by atoms with Crippen molar-refractivity contribution in [1.29, 1.82) is 0 Å². The molecule has 2 aliphatic rings. The molecular formula is C24H24F3N5O3S. The van der Waals surface area contributed by atoms with Gasteiger partial charge in [0, 0.05) is 19.0 Å². The summed E-state index contributed by atoms with van der Waals surface area (Å²) in [6, 6.07) is 3.32. The lowest BCUT2D eigenvalue weighted by atomic mass is 10.0. The van der Waals surface area contributed by atoms with E-state index in [1.54, 1.807) is 4.57 Å². The lowest BCUT2D eigenvalue weighted by molar-refractivity contribution is -0.138. The fraction of sp³-hybridized carbons (Fsp3) is 0.417. The maximum Gasteiger partial charge on any atom is 0.416 e. The number of carbonyl (C=O) groups excluding carboxylic acids is 1. The molecule has 0 bridgehead atoms. The molecular weight excluding hydrogens is 495 g/mol. The second-order valence-electron chi connectivity index (χ2n) is 8.76. The molecule has 12 heteroatoms. The number of nitrogens with one attached hydrogen (secondary N) is 1. The van der Waals surface area contributed by atoms with Gasteiger partial charge in [0.2, 0.25) is 5.95 Å². The van der Waals surface area contributed by atoms with Crippen LogP contribution in [-0.4, -0.2) is 44.9 Å². The minimum atomic E-state index is -4.45. The first-order chi connectivity index (χ1) is 17.2. The summed E-state index contributed by atoms with van der Waals surface area (Å²) in [5.74, 6) is 0.0624. The first-order valence-electron chi connectivity index (χ1n) is 11.6. The highest BCUT2D eigenvalue weighted by molar-refractivity contribution is 7.99. The maximum atomic E-state index is 13.7. The number of H-pyrrole nitrogens is 1. The minimum Gasteiger partial charge on any atom is -0.468 e. The van der Waals surface area contributed by atoms with Crippen LogP contribution in [-0.2, 0) is 28.7 Å². The van der Waals surface area contributed by atoms with Crippen LogP contribution in [0.2, 0.25) is 0 Å². The second kappa shape index (κ2) is 9.64. The molecule has 1 atom stereocenters. The van der Waals surface area contributed by atoms with Crippen LogP contribution in [0.1, 0.15) is 42.1 Å². The fourth-order valence-electron chi connectivity index (χ4n) is 4.59. The molecule has 8 nitrogen and oxygen atoms in total. The van der Waals surface area contributed by atoms with Gasteiger partial charge in [-0.05, 0) is 37.5 Å². The summed E-state index contributed by atoms with van der Waals surface area (Å²) in [5, 5.41) is 0.501. The minimum absolute atomic E-state index is 0.0509. The molecule has 1 unspecified atom stereocenters. The van der Waals surface area contributed by atoms with E-state index in [1.165, 1.54) is 24.9 Å². The molecule has 36 heavy (non-hydrogen) atoms. The average molecular weight is 520 g/mol. The molecule has 0 spiro atoms. The van der Waals surface area contributed by atoms with Crippen molar-refractivity contribution >= 4 is 34.7 Å². The number of methoxy groups -OCH3 is 1. The number of carbonyl (C=O) groups is 1. The van der Waals surface area contributed by atoms with Gasteiger partial charge in [0.25, 0.3) is 5.56 Å². The van der Waals surface area contributed by atoms with E-state index < -0.39 is 17.7 Å². The highest BCUT2D eigenvalue weighted by Gasteiger charge is 2.32. The van der Waals surface area contributed by atoms with Crippen LogP contribution in [0.3, 0.4) is 0 Å². The molecule has 0 saturated heterocycles. The zero-order chi connectivity index (χ0) is 25.4. The summed E-state index contributed by atoms with van der Waals surface area (Å²) in [5.41, 5.74) is 0.997. The van der Waals surface area contributed by atoms with Crippen molar-refractivity contribution in [3.8, 4) is 0 Å². The number of anilines is 1. The Morgan fingerprint density at radius 3 is 2.83 bits per heavy atom. The number of aromatic amines is 1. The average Bonchev–Trinajstić information content (AvgIpc) is 3.31. The molecule has 3 aromatic rings. The number of aromatic nitrogens is 4. The van der Waals surface area contributed by atoms with Crippen molar-refractivity contribution in [1.82, 2.24) is 19.5 Å². The van der Waals surface area contributed by atoms with E-state index in [-0.39, 0.29) is 29.4 Å². The Balaban J connectivity index is 1.48. The highest BCUT2D eigenvalue weighted by Crippen LogP contribution is 2.33. The summed E-state index contributed by atoms with van der Waals surface area (Å²) in [6.07, 6.45) is 2.48. The molecule has 2 aromatic heterocycles. The number of esters is 1. The molecule has 3 heterocycles. The van der Waals surface area contributed by atoms with Crippen molar-refractivity contribution in [2.75, 3.05) is 24.3 Å². The van der Waals surface area contributed by atoms with E-state index in [9.17, 15) is 22.8 Å². The van der Waals surface area contributed by atoms with Crippen LogP contribution in [0.15, 0.2) is 40.3 Å². The Hall–Kier alpha value is -3.28. The predicted molar refractivity (Wildman–Crippen MR) is 129 cm³/mol. The first kappa shape index (κ1) is 24.4. The first-order valence-corrected chi connectivity index (χ1v) is 12.5. The lowest BCUT2D eigenvalue weighted by Crippen LogP contribution is -2.40. The molecule has 1 aromatic carbocycles. The van der Waals surface area contributed by atoms with Gasteiger partial charge >= 0.3 is 12.1 Å². The van der Waals surface area contributed by atoms with Crippen LogP contribution in [0.5, 0.6) is 0 Å². The van der Waals surface area contributed by atoms with Crippen LogP contribution in [0, 0.1) is 0 Å². The Kier molecular flexibility index (Phi) is 6.54. The molecule has 1 aliphatic heterocycles. The number of halogens is 3. The number of alkyl halides is 3. The number of rotatable bonds is 5. The number of benzene rings is 1. The van der Waals surface area contributed by atoms with E-state index >= 15 is 0 Å². The van der Waals surface area contributed by atoms with Crippen molar-refractivity contribution < 1.29 is 22.7 Å². The van der Waals surface area contributed by atoms with Gasteiger partial charge in [0.1, 0.15) is 0 Å². The van der Waals surface area contributed by atoms with Gasteiger partial charge in [-0.3, -0.25) is 14.2 Å². The van der Waals surface area contributed by atoms with Crippen LogP contribution in [0.4, 0.5) is 19.1 Å². The molecule has 0 radical (unpaired) electrons. The third-order valence-corrected chi connectivity index (χ3v) is 7.41. The van der Waals surface area contributed by atoms with Crippen molar-refractivity contribution in [2.45, 2.75) is 49.6 Å². The van der Waals surface area contributed by atoms with Crippen LogP contribution < -0.4 is 10.5 Å². The number of hydrogen-bond acceptors (Lipinski definition) is 7. The molecule has 1 N–H and O–H groups in total. The third kappa shape index (κ3) is 4.73. The van der Waals surface area contributed by atoms with Crippen molar-refractivity contribution in [2.24, 2.45) is 0 Å². The number of thioether (sulfide) groups is 1. The summed E-state index contributed by atoms with van der Waals surface area (Å²) < 4.78 is 45.8. The van der Waals surface area contributed by atoms with E-state index in [2.05, 4.69) is 16.0 Å². The maximum absolute atomic E-state index is 13.7. The Bertz CT molecular complexity index is 1400. The Morgan fingerprint density at radius 2 is 2.11 bits per heavy atom. The van der Waals surface area contributed by atoms with Gasteiger partial charge in [0.05, 0.1) is 47.3 Å². The zero-order valence-electron chi connectivity index (χ0n) is 19.5. The normalized spacial score (nSPS) is 17.9. The smallest absolute Gasteiger partial charge is 0.416 e. The van der Waals surface area contributed by atoms with Gasteiger partial charge in [-0.25, -0.2) is 9.97 Å². The summed E-state index contributed by atoms with van der Waals surface area (Å²) >= 11 is 1.19. The van der Waals surface area contributed by atoms with Crippen molar-refractivity contribution in [3.05, 3.63) is 57.5 Å². The van der Waals surface area contributed by atoms with Gasteiger partial charge < -0.3 is 14.6 Å². The standard InChI is InChI=1S/C24H24F3N5O3S/c1-35-20(33)13-36-23-30-17-9-10-31(12-16(17)21(34)32(23)15-5-3-2-4-6-15)22-28-18-8-7-14(24(25,26)27)11-19(18)29-22/h2-3,7-8,11,15H,4-6,9-10,12-13H2,1H3,(H,28,29). The fourth-order valence-corrected chi connectivity index (χ4v) is 5.50.